The average Bonchev–Trinajstić information content (AvgIpc) is 3.00. The van der Waals surface area contributed by atoms with Gasteiger partial charge in [-0.2, -0.15) is 5.10 Å². The van der Waals surface area contributed by atoms with E-state index in [4.69, 9.17) is 0 Å². The predicted molar refractivity (Wildman–Crippen MR) is 89.5 cm³/mol. The van der Waals surface area contributed by atoms with Gasteiger partial charge in [0, 0.05) is 44.2 Å². The molecule has 3 rings (SSSR count). The molecule has 1 N–H and O–H groups in total. The summed E-state index contributed by atoms with van der Waals surface area (Å²) in [6.45, 7) is 0.532. The lowest BCUT2D eigenvalue weighted by molar-refractivity contribution is -0.122. The second kappa shape index (κ2) is 7.40. The fourth-order valence-corrected chi connectivity index (χ4v) is 3.31. The van der Waals surface area contributed by atoms with Crippen LogP contribution in [0.15, 0.2) is 30.7 Å². The van der Waals surface area contributed by atoms with E-state index >= 15 is 0 Å². The summed E-state index contributed by atoms with van der Waals surface area (Å²) in [5.41, 5.74) is 3.05. The number of rotatable bonds is 5. The van der Waals surface area contributed by atoms with Gasteiger partial charge in [-0.15, -0.1) is 0 Å². The summed E-state index contributed by atoms with van der Waals surface area (Å²) in [6.07, 6.45) is 12.3. The number of pyridine rings is 1. The Morgan fingerprint density at radius 1 is 1.30 bits per heavy atom. The van der Waals surface area contributed by atoms with Gasteiger partial charge in [-0.05, 0) is 36.5 Å². The highest BCUT2D eigenvalue weighted by Gasteiger charge is 2.16. The molecule has 0 aromatic carbocycles. The van der Waals surface area contributed by atoms with E-state index in [9.17, 15) is 4.79 Å². The highest BCUT2D eigenvalue weighted by molar-refractivity contribution is 5.76. The zero-order chi connectivity index (χ0) is 16.1. The zero-order valence-corrected chi connectivity index (χ0v) is 13.7. The first-order valence-electron chi connectivity index (χ1n) is 8.41. The lowest BCUT2D eigenvalue weighted by atomic mass is 9.87. The summed E-state index contributed by atoms with van der Waals surface area (Å²) in [5.74, 6) is 0.727. The van der Waals surface area contributed by atoms with Gasteiger partial charge in [0.05, 0.1) is 5.69 Å². The molecule has 2 aromatic rings. The molecule has 5 nitrogen and oxygen atoms in total. The molecule has 0 atom stereocenters. The third-order valence-electron chi connectivity index (χ3n) is 4.60. The summed E-state index contributed by atoms with van der Waals surface area (Å²) in [6, 6.07) is 4.02. The first-order valence-corrected chi connectivity index (χ1v) is 8.41. The Hall–Kier alpha value is -2.17. The summed E-state index contributed by atoms with van der Waals surface area (Å²) in [7, 11) is 1.91. The van der Waals surface area contributed by atoms with Crippen LogP contribution < -0.4 is 5.32 Å². The van der Waals surface area contributed by atoms with Crippen molar-refractivity contribution < 1.29 is 4.79 Å². The minimum atomic E-state index is 0.155. The molecular formula is C18H24N4O. The third-order valence-corrected chi connectivity index (χ3v) is 4.60. The minimum Gasteiger partial charge on any atom is -0.352 e. The SMILES string of the molecule is Cn1nccc1-c1cncc(CNC(=O)CC2CCCCC2)c1. The molecule has 0 unspecified atom stereocenters. The van der Waals surface area contributed by atoms with Crippen LogP contribution in [0, 0.1) is 5.92 Å². The molecule has 1 fully saturated rings. The van der Waals surface area contributed by atoms with Crippen LogP contribution in [0.3, 0.4) is 0 Å². The predicted octanol–water partition coefficient (Wildman–Crippen LogP) is 3.07. The monoisotopic (exact) mass is 312 g/mol. The minimum absolute atomic E-state index is 0.155. The maximum Gasteiger partial charge on any atom is 0.220 e. The molecule has 1 aliphatic carbocycles. The number of aromatic nitrogens is 3. The largest absolute Gasteiger partial charge is 0.352 e. The standard InChI is InChI=1S/C18H24N4O/c1-22-17(7-8-21-22)16-9-15(11-19-13-16)12-20-18(23)10-14-5-3-2-4-6-14/h7-9,11,13-14H,2-6,10,12H2,1H3,(H,20,23). The van der Waals surface area contributed by atoms with Crippen molar-refractivity contribution in [3.63, 3.8) is 0 Å². The van der Waals surface area contributed by atoms with E-state index in [0.29, 0.717) is 18.9 Å². The first-order chi connectivity index (χ1) is 11.2. The molecule has 1 aliphatic rings. The van der Waals surface area contributed by atoms with Crippen LogP contribution in [0.5, 0.6) is 0 Å². The van der Waals surface area contributed by atoms with Crippen LogP contribution in [-0.4, -0.2) is 20.7 Å². The van der Waals surface area contributed by atoms with Crippen LogP contribution in [-0.2, 0) is 18.4 Å². The molecule has 0 spiro atoms. The molecule has 2 heterocycles. The topological polar surface area (TPSA) is 59.8 Å². The molecule has 1 amide bonds. The number of carbonyl (C=O) groups excluding carboxylic acids is 1. The smallest absolute Gasteiger partial charge is 0.220 e. The molecule has 23 heavy (non-hydrogen) atoms. The van der Waals surface area contributed by atoms with E-state index in [0.717, 1.165) is 16.8 Å². The molecule has 0 aliphatic heterocycles. The van der Waals surface area contributed by atoms with Crippen molar-refractivity contribution in [3.8, 4) is 11.3 Å². The Kier molecular flexibility index (Phi) is 5.05. The molecular weight excluding hydrogens is 288 g/mol. The summed E-state index contributed by atoms with van der Waals surface area (Å²) < 4.78 is 1.82. The van der Waals surface area contributed by atoms with Crippen molar-refractivity contribution in [2.24, 2.45) is 13.0 Å². The zero-order valence-electron chi connectivity index (χ0n) is 13.7. The summed E-state index contributed by atoms with van der Waals surface area (Å²) >= 11 is 0. The molecule has 1 saturated carbocycles. The lowest BCUT2D eigenvalue weighted by Crippen LogP contribution is -2.26. The van der Waals surface area contributed by atoms with Gasteiger partial charge < -0.3 is 5.32 Å². The normalized spacial score (nSPS) is 15.5. The lowest BCUT2D eigenvalue weighted by Gasteiger charge is -2.20. The quantitative estimate of drug-likeness (QED) is 0.923. The van der Waals surface area contributed by atoms with Crippen molar-refractivity contribution >= 4 is 5.91 Å². The average molecular weight is 312 g/mol. The number of nitrogens with one attached hydrogen (secondary N) is 1. The molecule has 0 radical (unpaired) electrons. The van der Waals surface area contributed by atoms with Gasteiger partial charge in [-0.3, -0.25) is 14.5 Å². The van der Waals surface area contributed by atoms with Crippen LogP contribution in [0.4, 0.5) is 0 Å². The van der Waals surface area contributed by atoms with Gasteiger partial charge in [-0.1, -0.05) is 19.3 Å². The Balaban J connectivity index is 1.56. The van der Waals surface area contributed by atoms with Crippen molar-refractivity contribution in [1.29, 1.82) is 0 Å². The fourth-order valence-electron chi connectivity index (χ4n) is 3.31. The van der Waals surface area contributed by atoms with Gasteiger partial charge >= 0.3 is 0 Å². The highest BCUT2D eigenvalue weighted by Crippen LogP contribution is 2.26. The highest BCUT2D eigenvalue weighted by atomic mass is 16.1. The maximum atomic E-state index is 12.1. The van der Waals surface area contributed by atoms with Crippen LogP contribution in [0.25, 0.3) is 11.3 Å². The molecule has 122 valence electrons. The number of amides is 1. The van der Waals surface area contributed by atoms with E-state index in [-0.39, 0.29) is 5.91 Å². The van der Waals surface area contributed by atoms with Crippen LogP contribution in [0.2, 0.25) is 0 Å². The summed E-state index contributed by atoms with van der Waals surface area (Å²) in [4.78, 5) is 16.4. The molecule has 2 aromatic heterocycles. The Morgan fingerprint density at radius 3 is 2.87 bits per heavy atom. The Bertz CT molecular complexity index is 659. The van der Waals surface area contributed by atoms with Gasteiger partial charge in [0.1, 0.15) is 0 Å². The van der Waals surface area contributed by atoms with E-state index in [1.165, 1.54) is 32.1 Å². The second-order valence-corrected chi connectivity index (χ2v) is 6.41. The summed E-state index contributed by atoms with van der Waals surface area (Å²) in [5, 5.41) is 7.21. The number of hydrogen-bond donors (Lipinski definition) is 1. The van der Waals surface area contributed by atoms with Gasteiger partial charge in [0.15, 0.2) is 0 Å². The van der Waals surface area contributed by atoms with E-state index in [2.05, 4.69) is 21.5 Å². The number of aryl methyl sites for hydroxylation is 1. The number of carbonyl (C=O) groups is 1. The van der Waals surface area contributed by atoms with E-state index in [1.54, 1.807) is 12.4 Å². The third kappa shape index (κ3) is 4.18. The van der Waals surface area contributed by atoms with E-state index in [1.807, 2.05) is 24.0 Å². The molecule has 5 heteroatoms. The fraction of sp³-hybridized carbons (Fsp3) is 0.500. The van der Waals surface area contributed by atoms with Gasteiger partial charge in [0.25, 0.3) is 0 Å². The number of nitrogens with zero attached hydrogens (tertiary/aromatic N) is 3. The van der Waals surface area contributed by atoms with Crippen molar-refractivity contribution in [2.45, 2.75) is 45.1 Å². The van der Waals surface area contributed by atoms with Crippen molar-refractivity contribution in [1.82, 2.24) is 20.1 Å². The Morgan fingerprint density at radius 2 is 2.13 bits per heavy atom. The van der Waals surface area contributed by atoms with Crippen molar-refractivity contribution in [3.05, 3.63) is 36.3 Å². The molecule has 0 saturated heterocycles. The second-order valence-electron chi connectivity index (χ2n) is 6.41. The van der Waals surface area contributed by atoms with Gasteiger partial charge in [0.2, 0.25) is 5.91 Å². The van der Waals surface area contributed by atoms with E-state index < -0.39 is 0 Å². The number of hydrogen-bond acceptors (Lipinski definition) is 3. The first kappa shape index (κ1) is 15.7. The van der Waals surface area contributed by atoms with Crippen molar-refractivity contribution in [2.75, 3.05) is 0 Å². The van der Waals surface area contributed by atoms with Gasteiger partial charge in [-0.25, -0.2) is 0 Å². The van der Waals surface area contributed by atoms with Crippen LogP contribution in [0.1, 0.15) is 44.1 Å². The van der Waals surface area contributed by atoms with Crippen LogP contribution >= 0.6 is 0 Å². The maximum absolute atomic E-state index is 12.1. The Labute approximate surface area is 137 Å². The molecule has 0 bridgehead atoms.